The van der Waals surface area contributed by atoms with Gasteiger partial charge in [-0.3, -0.25) is 9.69 Å². The Kier molecular flexibility index (Phi) is 8.80. The van der Waals surface area contributed by atoms with E-state index in [0.29, 0.717) is 31.4 Å². The maximum atomic E-state index is 13.8. The smallest absolute Gasteiger partial charge is 0.238 e. The fourth-order valence-electron chi connectivity index (χ4n) is 3.89. The summed E-state index contributed by atoms with van der Waals surface area (Å²) >= 11 is 5.62. The van der Waals surface area contributed by atoms with Crippen molar-refractivity contribution in [1.29, 1.82) is 0 Å². The minimum atomic E-state index is -0.794. The van der Waals surface area contributed by atoms with Crippen LogP contribution in [0.25, 0.3) is 0 Å². The van der Waals surface area contributed by atoms with Crippen LogP contribution in [0.4, 0.5) is 20.2 Å². The molecule has 3 aromatic rings. The first-order valence-corrected chi connectivity index (χ1v) is 12.2. The summed E-state index contributed by atoms with van der Waals surface area (Å²) in [4.78, 5) is 16.4. The van der Waals surface area contributed by atoms with Gasteiger partial charge in [-0.1, -0.05) is 30.3 Å². The number of hydrogen-bond donors (Lipinski definition) is 2. The second-order valence-electron chi connectivity index (χ2n) is 8.52. The summed E-state index contributed by atoms with van der Waals surface area (Å²) < 4.78 is 32.7. The number of benzene rings is 3. The minimum Gasteiger partial charge on any atom is -0.489 e. The highest BCUT2D eigenvalue weighted by Crippen LogP contribution is 2.18. The quantitative estimate of drug-likeness (QED) is 0.442. The molecular weight excluding hydrogens is 482 g/mol. The highest BCUT2D eigenvalue weighted by atomic mass is 32.1. The topological polar surface area (TPSA) is 56.8 Å². The average Bonchev–Trinajstić information content (AvgIpc) is 3.11. The van der Waals surface area contributed by atoms with Crippen LogP contribution in [0.15, 0.2) is 72.8 Å². The van der Waals surface area contributed by atoms with Gasteiger partial charge in [0, 0.05) is 37.9 Å². The molecule has 1 fully saturated rings. The van der Waals surface area contributed by atoms with Crippen LogP contribution in [-0.4, -0.2) is 53.5 Å². The van der Waals surface area contributed by atoms with Crippen LogP contribution in [0.2, 0.25) is 0 Å². The van der Waals surface area contributed by atoms with Crippen LogP contribution in [-0.2, 0) is 11.4 Å². The standard InChI is InChI=1S/C27H28F2N4O2S/c28-21-7-12-25(24(29)17-21)31-26(34)18-32-13-4-14-33(16-15-32)27(36)30-22-8-10-23(11-9-22)35-19-20-5-2-1-3-6-20/h1-3,5-12,17H,4,13-16,18-19H2,(H,30,36)(H,31,34). The number of nitrogens with one attached hydrogen (secondary N) is 2. The monoisotopic (exact) mass is 510 g/mol. The first kappa shape index (κ1) is 25.5. The molecule has 0 aliphatic carbocycles. The molecule has 0 bridgehead atoms. The fourth-order valence-corrected chi connectivity index (χ4v) is 4.19. The number of carbonyl (C=O) groups excluding carboxylic acids is 1. The van der Waals surface area contributed by atoms with Crippen molar-refractivity contribution in [2.75, 3.05) is 43.4 Å². The molecule has 1 heterocycles. The SMILES string of the molecule is O=C(CN1CCCN(C(=S)Nc2ccc(OCc3ccccc3)cc2)CC1)Nc1ccc(F)cc1F. The van der Waals surface area contributed by atoms with Crippen molar-refractivity contribution in [2.45, 2.75) is 13.0 Å². The Hall–Kier alpha value is -3.56. The molecule has 9 heteroatoms. The Labute approximate surface area is 214 Å². The third-order valence-corrected chi connectivity index (χ3v) is 6.16. The first-order valence-electron chi connectivity index (χ1n) is 11.8. The molecule has 188 valence electrons. The molecule has 0 atom stereocenters. The third-order valence-electron chi connectivity index (χ3n) is 5.80. The van der Waals surface area contributed by atoms with Crippen molar-refractivity contribution in [2.24, 2.45) is 0 Å². The van der Waals surface area contributed by atoms with Gasteiger partial charge in [-0.25, -0.2) is 8.78 Å². The number of hydrogen-bond acceptors (Lipinski definition) is 4. The van der Waals surface area contributed by atoms with E-state index in [0.717, 1.165) is 42.1 Å². The first-order chi connectivity index (χ1) is 17.5. The zero-order valence-corrected chi connectivity index (χ0v) is 20.6. The fraction of sp³-hybridized carbons (Fsp3) is 0.259. The molecule has 0 aromatic heterocycles. The number of rotatable bonds is 7. The Balaban J connectivity index is 1.22. The van der Waals surface area contributed by atoms with E-state index in [2.05, 4.69) is 15.5 Å². The van der Waals surface area contributed by atoms with E-state index in [9.17, 15) is 13.6 Å². The summed E-state index contributed by atoms with van der Waals surface area (Å²) in [7, 11) is 0. The molecule has 0 unspecified atom stereocenters. The van der Waals surface area contributed by atoms with Crippen molar-refractivity contribution in [1.82, 2.24) is 9.80 Å². The van der Waals surface area contributed by atoms with Gasteiger partial charge in [0.2, 0.25) is 5.91 Å². The lowest BCUT2D eigenvalue weighted by Gasteiger charge is -2.24. The largest absolute Gasteiger partial charge is 0.489 e. The molecule has 36 heavy (non-hydrogen) atoms. The number of carbonyl (C=O) groups is 1. The lowest BCUT2D eigenvalue weighted by Crippen LogP contribution is -2.39. The van der Waals surface area contributed by atoms with Gasteiger partial charge >= 0.3 is 0 Å². The van der Waals surface area contributed by atoms with Gasteiger partial charge in [-0.2, -0.15) is 0 Å². The van der Waals surface area contributed by atoms with Gasteiger partial charge in [0.25, 0.3) is 0 Å². The normalized spacial score (nSPS) is 14.1. The summed E-state index contributed by atoms with van der Waals surface area (Å²) in [6, 6.07) is 20.7. The van der Waals surface area contributed by atoms with Crippen molar-refractivity contribution in [3.05, 3.63) is 90.0 Å². The van der Waals surface area contributed by atoms with Gasteiger partial charge in [-0.05, 0) is 60.6 Å². The Morgan fingerprint density at radius 2 is 1.69 bits per heavy atom. The average molecular weight is 511 g/mol. The number of halogens is 2. The molecule has 0 radical (unpaired) electrons. The van der Waals surface area contributed by atoms with Gasteiger partial charge in [0.1, 0.15) is 24.0 Å². The molecule has 1 aliphatic rings. The van der Waals surface area contributed by atoms with E-state index < -0.39 is 11.6 Å². The predicted octanol–water partition coefficient (Wildman–Crippen LogP) is 4.89. The van der Waals surface area contributed by atoms with E-state index in [1.165, 1.54) is 6.07 Å². The molecular formula is C27H28F2N4O2S. The van der Waals surface area contributed by atoms with Crippen LogP contribution in [0, 0.1) is 11.6 Å². The summed E-state index contributed by atoms with van der Waals surface area (Å²) in [6.07, 6.45) is 0.826. The maximum absolute atomic E-state index is 13.8. The highest BCUT2D eigenvalue weighted by Gasteiger charge is 2.19. The lowest BCUT2D eigenvalue weighted by atomic mass is 10.2. The van der Waals surface area contributed by atoms with Crippen molar-refractivity contribution in [3.63, 3.8) is 0 Å². The Bertz CT molecular complexity index is 1180. The zero-order chi connectivity index (χ0) is 25.3. The molecule has 1 amide bonds. The zero-order valence-electron chi connectivity index (χ0n) is 19.8. The summed E-state index contributed by atoms with van der Waals surface area (Å²) in [6.45, 7) is 3.39. The summed E-state index contributed by atoms with van der Waals surface area (Å²) in [5, 5.41) is 6.40. The maximum Gasteiger partial charge on any atom is 0.238 e. The van der Waals surface area contributed by atoms with E-state index in [4.69, 9.17) is 17.0 Å². The molecule has 1 saturated heterocycles. The van der Waals surface area contributed by atoms with Crippen LogP contribution < -0.4 is 15.4 Å². The molecule has 0 spiro atoms. The van der Waals surface area contributed by atoms with E-state index in [-0.39, 0.29) is 18.1 Å². The molecule has 6 nitrogen and oxygen atoms in total. The number of ether oxygens (including phenoxy) is 1. The van der Waals surface area contributed by atoms with Gasteiger partial charge in [0.15, 0.2) is 5.11 Å². The third kappa shape index (κ3) is 7.47. The van der Waals surface area contributed by atoms with Crippen LogP contribution in [0.5, 0.6) is 5.75 Å². The van der Waals surface area contributed by atoms with Crippen molar-refractivity contribution >= 4 is 34.6 Å². The molecule has 2 N–H and O–H groups in total. The highest BCUT2D eigenvalue weighted by molar-refractivity contribution is 7.80. The van der Waals surface area contributed by atoms with Crippen LogP contribution in [0.1, 0.15) is 12.0 Å². The minimum absolute atomic E-state index is 0.0280. The van der Waals surface area contributed by atoms with Gasteiger partial charge in [-0.15, -0.1) is 0 Å². The van der Waals surface area contributed by atoms with E-state index >= 15 is 0 Å². The number of anilines is 2. The number of amides is 1. The van der Waals surface area contributed by atoms with Crippen molar-refractivity contribution < 1.29 is 18.3 Å². The van der Waals surface area contributed by atoms with Crippen LogP contribution in [0.3, 0.4) is 0 Å². The van der Waals surface area contributed by atoms with E-state index in [1.54, 1.807) is 0 Å². The number of thiocarbonyl (C=S) groups is 1. The van der Waals surface area contributed by atoms with E-state index in [1.807, 2.05) is 59.5 Å². The lowest BCUT2D eigenvalue weighted by molar-refractivity contribution is -0.117. The molecule has 1 aliphatic heterocycles. The molecule has 0 saturated carbocycles. The van der Waals surface area contributed by atoms with Gasteiger partial charge in [0.05, 0.1) is 12.2 Å². The molecule has 4 rings (SSSR count). The summed E-state index contributed by atoms with van der Waals surface area (Å²) in [5.41, 5.74) is 1.95. The molecule has 3 aromatic carbocycles. The summed E-state index contributed by atoms with van der Waals surface area (Å²) in [5.74, 6) is -1.05. The Morgan fingerprint density at radius 1 is 0.917 bits per heavy atom. The van der Waals surface area contributed by atoms with Crippen molar-refractivity contribution in [3.8, 4) is 5.75 Å². The second-order valence-corrected chi connectivity index (χ2v) is 8.90. The Morgan fingerprint density at radius 3 is 2.44 bits per heavy atom. The van der Waals surface area contributed by atoms with Gasteiger partial charge < -0.3 is 20.3 Å². The van der Waals surface area contributed by atoms with Crippen LogP contribution >= 0.6 is 12.2 Å². The number of nitrogens with zero attached hydrogens (tertiary/aromatic N) is 2. The predicted molar refractivity (Wildman–Crippen MR) is 141 cm³/mol. The second kappa shape index (κ2) is 12.4.